The van der Waals surface area contributed by atoms with Gasteiger partial charge in [0.05, 0.1) is 25.3 Å². The standard InChI is InChI=1S/C22H22F2N4O7/c23-22(24)35-18-14(21(33)34)2-1-3-15(18)28(6-7-29)17(31)9-16(30)20(32)27-12-4-5-13-11(8-12)10-26-19(13)25/h1-5,8,16,22,29-30H,6-7,9-10H2,(H2,25,26)(H,27,32)(H,33,34)/t16-/m1/s1. The number of hydrogen-bond acceptors (Lipinski definition) is 8. The van der Waals surface area contributed by atoms with Crippen molar-refractivity contribution in [3.8, 4) is 5.75 Å². The van der Waals surface area contributed by atoms with Gasteiger partial charge in [0.2, 0.25) is 5.91 Å². The van der Waals surface area contributed by atoms with Crippen LogP contribution in [0.2, 0.25) is 0 Å². The second-order valence-electron chi connectivity index (χ2n) is 7.39. The van der Waals surface area contributed by atoms with Crippen molar-refractivity contribution >= 4 is 35.0 Å². The van der Waals surface area contributed by atoms with E-state index in [9.17, 15) is 38.5 Å². The highest BCUT2D eigenvalue weighted by atomic mass is 19.3. The van der Waals surface area contributed by atoms with E-state index >= 15 is 0 Å². The van der Waals surface area contributed by atoms with Gasteiger partial charge in [-0.25, -0.2) is 4.79 Å². The Bertz CT molecular complexity index is 1170. The molecule has 2 aromatic carbocycles. The molecule has 1 atom stereocenters. The first-order chi connectivity index (χ1) is 16.6. The van der Waals surface area contributed by atoms with Crippen molar-refractivity contribution in [2.24, 2.45) is 10.7 Å². The van der Waals surface area contributed by atoms with Crippen LogP contribution in [0.3, 0.4) is 0 Å². The molecular formula is C22H22F2N4O7. The number of aliphatic hydroxyl groups excluding tert-OH is 2. The van der Waals surface area contributed by atoms with Crippen LogP contribution in [0.1, 0.15) is 27.9 Å². The summed E-state index contributed by atoms with van der Waals surface area (Å²) in [6, 6.07) is 8.15. The van der Waals surface area contributed by atoms with E-state index in [1.807, 2.05) is 0 Å². The second kappa shape index (κ2) is 10.9. The fourth-order valence-electron chi connectivity index (χ4n) is 3.50. The van der Waals surface area contributed by atoms with Gasteiger partial charge in [-0.1, -0.05) is 6.07 Å². The first kappa shape index (κ1) is 25.5. The number of amides is 2. The fraction of sp³-hybridized carbons (Fsp3) is 0.273. The minimum atomic E-state index is -3.40. The van der Waals surface area contributed by atoms with Crippen LogP contribution in [0.5, 0.6) is 5.75 Å². The lowest BCUT2D eigenvalue weighted by Crippen LogP contribution is -2.39. The number of ether oxygens (including phenoxy) is 1. The summed E-state index contributed by atoms with van der Waals surface area (Å²) in [5.74, 6) is -3.87. The number of carboxylic acids is 1. The van der Waals surface area contributed by atoms with Gasteiger partial charge < -0.3 is 36.0 Å². The van der Waals surface area contributed by atoms with Gasteiger partial charge in [-0.3, -0.25) is 14.6 Å². The van der Waals surface area contributed by atoms with Crippen LogP contribution in [-0.4, -0.2) is 64.8 Å². The Morgan fingerprint density at radius 1 is 1.23 bits per heavy atom. The van der Waals surface area contributed by atoms with Gasteiger partial charge in [-0.05, 0) is 35.9 Å². The number of carbonyl (C=O) groups is 3. The molecule has 2 aromatic rings. The molecule has 35 heavy (non-hydrogen) atoms. The molecule has 0 bridgehead atoms. The molecule has 0 fully saturated rings. The van der Waals surface area contributed by atoms with Crippen LogP contribution in [-0.2, 0) is 16.1 Å². The maximum absolute atomic E-state index is 12.9. The zero-order chi connectivity index (χ0) is 25.7. The maximum Gasteiger partial charge on any atom is 0.387 e. The topological polar surface area (TPSA) is 175 Å². The van der Waals surface area contributed by atoms with Gasteiger partial charge in [0.1, 0.15) is 17.5 Å². The first-order valence-electron chi connectivity index (χ1n) is 10.3. The number of anilines is 2. The van der Waals surface area contributed by atoms with Crippen LogP contribution in [0, 0.1) is 0 Å². The van der Waals surface area contributed by atoms with E-state index in [0.29, 0.717) is 18.1 Å². The van der Waals surface area contributed by atoms with Crippen molar-refractivity contribution in [3.05, 3.63) is 53.1 Å². The number of nitrogens with one attached hydrogen (secondary N) is 1. The van der Waals surface area contributed by atoms with Gasteiger partial charge in [0.15, 0.2) is 5.75 Å². The Morgan fingerprint density at radius 3 is 2.63 bits per heavy atom. The normalized spacial score (nSPS) is 13.1. The molecule has 0 spiro atoms. The molecule has 1 aliphatic rings. The third-order valence-electron chi connectivity index (χ3n) is 5.09. The number of hydrogen-bond donors (Lipinski definition) is 5. The minimum Gasteiger partial charge on any atom is -0.478 e. The predicted molar refractivity (Wildman–Crippen MR) is 120 cm³/mol. The molecule has 0 unspecified atom stereocenters. The molecular weight excluding hydrogens is 470 g/mol. The van der Waals surface area contributed by atoms with Gasteiger partial charge in [0.25, 0.3) is 5.91 Å². The van der Waals surface area contributed by atoms with Crippen molar-refractivity contribution in [3.63, 3.8) is 0 Å². The van der Waals surface area contributed by atoms with Crippen LogP contribution in [0.4, 0.5) is 20.2 Å². The molecule has 186 valence electrons. The Balaban J connectivity index is 1.77. The van der Waals surface area contributed by atoms with Gasteiger partial charge in [-0.15, -0.1) is 0 Å². The molecule has 0 saturated carbocycles. The van der Waals surface area contributed by atoms with Crippen LogP contribution in [0.15, 0.2) is 41.4 Å². The maximum atomic E-state index is 12.9. The molecule has 13 heteroatoms. The van der Waals surface area contributed by atoms with Crippen LogP contribution < -0.4 is 20.7 Å². The SMILES string of the molecule is NC1=NCc2cc(NC(=O)[C@H](O)CC(=O)N(CCO)c3cccc(C(=O)O)c3OC(F)F)ccc21. The summed E-state index contributed by atoms with van der Waals surface area (Å²) in [4.78, 5) is 41.6. The predicted octanol–water partition coefficient (Wildman–Crippen LogP) is 0.920. The monoisotopic (exact) mass is 492 g/mol. The number of rotatable bonds is 10. The van der Waals surface area contributed by atoms with E-state index in [2.05, 4.69) is 15.0 Å². The molecule has 2 amide bonds. The lowest BCUT2D eigenvalue weighted by molar-refractivity contribution is -0.130. The van der Waals surface area contributed by atoms with E-state index in [1.54, 1.807) is 18.2 Å². The second-order valence-corrected chi connectivity index (χ2v) is 7.39. The summed E-state index contributed by atoms with van der Waals surface area (Å²) < 4.78 is 30.2. The van der Waals surface area contributed by atoms with Gasteiger partial charge in [0, 0.05) is 17.8 Å². The summed E-state index contributed by atoms with van der Waals surface area (Å²) in [7, 11) is 0. The summed E-state index contributed by atoms with van der Waals surface area (Å²) >= 11 is 0. The number of fused-ring (bicyclic) bond motifs is 1. The van der Waals surface area contributed by atoms with Crippen molar-refractivity contribution in [2.75, 3.05) is 23.4 Å². The Kier molecular flexibility index (Phi) is 7.94. The number of nitrogens with two attached hydrogens (primary N) is 1. The molecule has 1 aliphatic heterocycles. The van der Waals surface area contributed by atoms with Crippen LogP contribution in [0.25, 0.3) is 0 Å². The number of aliphatic hydroxyl groups is 2. The van der Waals surface area contributed by atoms with E-state index in [4.69, 9.17) is 5.73 Å². The number of aliphatic imine (C=N–C) groups is 1. The largest absolute Gasteiger partial charge is 0.478 e. The molecule has 3 rings (SSSR count). The summed E-state index contributed by atoms with van der Waals surface area (Å²) in [5, 5.41) is 31.4. The first-order valence-corrected chi connectivity index (χ1v) is 10.3. The number of halogens is 2. The van der Waals surface area contributed by atoms with Gasteiger partial charge in [-0.2, -0.15) is 8.78 Å². The number of carbonyl (C=O) groups excluding carboxylic acids is 2. The van der Waals surface area contributed by atoms with Crippen molar-refractivity contribution in [2.45, 2.75) is 25.7 Å². The Hall–Kier alpha value is -4.10. The highest BCUT2D eigenvalue weighted by Crippen LogP contribution is 2.34. The number of aromatic carboxylic acids is 1. The number of carboxylic acid groups (broad SMARTS) is 1. The summed E-state index contributed by atoms with van der Waals surface area (Å²) in [6.07, 6.45) is -2.64. The number of amidine groups is 1. The number of alkyl halides is 2. The Labute approximate surface area is 197 Å². The molecule has 0 aromatic heterocycles. The lowest BCUT2D eigenvalue weighted by Gasteiger charge is -2.26. The summed E-state index contributed by atoms with van der Waals surface area (Å²) in [5.41, 5.74) is 6.56. The van der Waals surface area contributed by atoms with Crippen molar-refractivity contribution in [1.29, 1.82) is 0 Å². The molecule has 0 saturated heterocycles. The molecule has 0 radical (unpaired) electrons. The average Bonchev–Trinajstić information content (AvgIpc) is 3.17. The summed E-state index contributed by atoms with van der Waals surface area (Å²) in [6.45, 7) is -4.13. The zero-order valence-electron chi connectivity index (χ0n) is 18.1. The highest BCUT2D eigenvalue weighted by molar-refractivity contribution is 6.04. The highest BCUT2D eigenvalue weighted by Gasteiger charge is 2.28. The average molecular weight is 492 g/mol. The van der Waals surface area contributed by atoms with Crippen LogP contribution >= 0.6 is 0 Å². The van der Waals surface area contributed by atoms with E-state index < -0.39 is 61.4 Å². The van der Waals surface area contributed by atoms with E-state index in [-0.39, 0.29) is 5.69 Å². The number of nitrogens with zero attached hydrogens (tertiary/aromatic N) is 2. The van der Waals surface area contributed by atoms with E-state index in [1.165, 1.54) is 6.07 Å². The number of para-hydroxylation sites is 1. The third kappa shape index (κ3) is 5.88. The van der Waals surface area contributed by atoms with Crippen molar-refractivity contribution in [1.82, 2.24) is 0 Å². The molecule has 1 heterocycles. The minimum absolute atomic E-state index is 0.333. The number of benzene rings is 2. The van der Waals surface area contributed by atoms with E-state index in [0.717, 1.165) is 28.2 Å². The smallest absolute Gasteiger partial charge is 0.387 e. The lowest BCUT2D eigenvalue weighted by atomic mass is 10.1. The molecule has 0 aliphatic carbocycles. The fourth-order valence-corrected chi connectivity index (χ4v) is 3.50. The van der Waals surface area contributed by atoms with Gasteiger partial charge >= 0.3 is 12.6 Å². The molecule has 6 N–H and O–H groups in total. The third-order valence-corrected chi connectivity index (χ3v) is 5.09. The quantitative estimate of drug-likeness (QED) is 0.325. The molecule has 11 nitrogen and oxygen atoms in total. The zero-order valence-corrected chi connectivity index (χ0v) is 18.1. The van der Waals surface area contributed by atoms with Crippen molar-refractivity contribution < 1.29 is 43.2 Å². The Morgan fingerprint density at radius 2 is 1.97 bits per heavy atom.